The van der Waals surface area contributed by atoms with Crippen LogP contribution in [0.3, 0.4) is 0 Å². The lowest BCUT2D eigenvalue weighted by Crippen LogP contribution is -2.28. The molecule has 2 aromatic carbocycles. The van der Waals surface area contributed by atoms with Gasteiger partial charge in [0.2, 0.25) is 0 Å². The third-order valence-corrected chi connectivity index (χ3v) is 4.59. The molecule has 7 heteroatoms. The molecule has 0 N–H and O–H groups in total. The zero-order valence-corrected chi connectivity index (χ0v) is 15.4. The average molecular weight is 370 g/mol. The third kappa shape index (κ3) is 3.86. The van der Waals surface area contributed by atoms with Crippen molar-refractivity contribution in [3.63, 3.8) is 0 Å². The van der Waals surface area contributed by atoms with E-state index < -0.39 is 4.92 Å². The fourth-order valence-corrected chi connectivity index (χ4v) is 3.09. The molecule has 3 rings (SSSR count). The number of hydrogen-bond donors (Lipinski definition) is 0. The highest BCUT2D eigenvalue weighted by molar-refractivity contribution is 6.07. The Balaban J connectivity index is 1.85. The Kier molecular flexibility index (Phi) is 5.59. The standard InChI is InChI=1S/C20H22N2O5/c1-3-4-11-27-18-8-6-15(12-19(18)26-2)20(23)21-10-9-14-5-7-16(22(24)25)13-17(14)21/h5-8,12-13H,3-4,9-11H2,1-2H3. The number of fused-ring (bicyclic) bond motifs is 1. The van der Waals surface area contributed by atoms with Crippen LogP contribution in [0.15, 0.2) is 36.4 Å². The van der Waals surface area contributed by atoms with Crippen molar-refractivity contribution in [2.45, 2.75) is 26.2 Å². The molecule has 0 saturated carbocycles. The maximum absolute atomic E-state index is 13.0. The number of nitro benzene ring substituents is 1. The van der Waals surface area contributed by atoms with Crippen molar-refractivity contribution >= 4 is 17.3 Å². The maximum atomic E-state index is 13.0. The van der Waals surface area contributed by atoms with Gasteiger partial charge >= 0.3 is 0 Å². The summed E-state index contributed by atoms with van der Waals surface area (Å²) in [5, 5.41) is 11.0. The number of nitro groups is 1. The van der Waals surface area contributed by atoms with Crippen LogP contribution in [-0.2, 0) is 6.42 Å². The van der Waals surface area contributed by atoms with Crippen LogP contribution in [0.1, 0.15) is 35.7 Å². The summed E-state index contributed by atoms with van der Waals surface area (Å²) in [4.78, 5) is 25.2. The predicted octanol–water partition coefficient (Wildman–Crippen LogP) is 3.99. The normalized spacial score (nSPS) is 12.6. The van der Waals surface area contributed by atoms with E-state index in [9.17, 15) is 14.9 Å². The van der Waals surface area contributed by atoms with E-state index in [0.29, 0.717) is 42.3 Å². The summed E-state index contributed by atoms with van der Waals surface area (Å²) in [5.41, 5.74) is 1.96. The Bertz CT molecular complexity index is 865. The largest absolute Gasteiger partial charge is 0.493 e. The third-order valence-electron chi connectivity index (χ3n) is 4.59. The molecule has 0 aromatic heterocycles. The van der Waals surface area contributed by atoms with Gasteiger partial charge in [0.05, 0.1) is 24.3 Å². The average Bonchev–Trinajstić information content (AvgIpc) is 3.10. The minimum absolute atomic E-state index is 0.0225. The van der Waals surface area contributed by atoms with E-state index >= 15 is 0 Å². The number of nitrogens with zero attached hydrogens (tertiary/aromatic N) is 2. The zero-order valence-electron chi connectivity index (χ0n) is 15.4. The molecule has 142 valence electrons. The second-order valence-corrected chi connectivity index (χ2v) is 6.34. The lowest BCUT2D eigenvalue weighted by Gasteiger charge is -2.18. The van der Waals surface area contributed by atoms with Crippen LogP contribution in [0.5, 0.6) is 11.5 Å². The quantitative estimate of drug-likeness (QED) is 0.418. The number of hydrogen-bond acceptors (Lipinski definition) is 5. The van der Waals surface area contributed by atoms with E-state index in [-0.39, 0.29) is 11.6 Å². The molecule has 0 bridgehead atoms. The smallest absolute Gasteiger partial charge is 0.271 e. The van der Waals surface area contributed by atoms with E-state index in [2.05, 4.69) is 6.92 Å². The Morgan fingerprint density at radius 2 is 2.04 bits per heavy atom. The van der Waals surface area contributed by atoms with Gasteiger partial charge < -0.3 is 14.4 Å². The van der Waals surface area contributed by atoms with E-state index in [1.165, 1.54) is 19.2 Å². The van der Waals surface area contributed by atoms with Crippen molar-refractivity contribution in [3.05, 3.63) is 57.6 Å². The number of unbranched alkanes of at least 4 members (excludes halogenated alkanes) is 1. The molecule has 0 atom stereocenters. The van der Waals surface area contributed by atoms with Gasteiger partial charge in [-0.3, -0.25) is 14.9 Å². The van der Waals surface area contributed by atoms with E-state index in [4.69, 9.17) is 9.47 Å². The summed E-state index contributed by atoms with van der Waals surface area (Å²) >= 11 is 0. The van der Waals surface area contributed by atoms with Crippen LogP contribution in [-0.4, -0.2) is 31.1 Å². The van der Waals surface area contributed by atoms with Crippen molar-refractivity contribution in [1.82, 2.24) is 0 Å². The molecule has 0 aliphatic carbocycles. The van der Waals surface area contributed by atoms with Crippen molar-refractivity contribution in [3.8, 4) is 11.5 Å². The van der Waals surface area contributed by atoms with Crippen molar-refractivity contribution in [2.75, 3.05) is 25.2 Å². The first-order valence-electron chi connectivity index (χ1n) is 8.95. The maximum Gasteiger partial charge on any atom is 0.271 e. The Morgan fingerprint density at radius 3 is 2.74 bits per heavy atom. The van der Waals surface area contributed by atoms with Gasteiger partial charge in [0.15, 0.2) is 11.5 Å². The number of rotatable bonds is 7. The number of anilines is 1. The molecule has 0 fully saturated rings. The van der Waals surface area contributed by atoms with Gasteiger partial charge in [-0.2, -0.15) is 0 Å². The monoisotopic (exact) mass is 370 g/mol. The van der Waals surface area contributed by atoms with Gasteiger partial charge in [0.1, 0.15) is 0 Å². The van der Waals surface area contributed by atoms with Gasteiger partial charge in [0, 0.05) is 24.2 Å². The minimum atomic E-state index is -0.452. The van der Waals surface area contributed by atoms with Crippen LogP contribution in [0.4, 0.5) is 11.4 Å². The highest BCUT2D eigenvalue weighted by Crippen LogP contribution is 2.34. The van der Waals surface area contributed by atoms with Crippen molar-refractivity contribution in [1.29, 1.82) is 0 Å². The Hall–Kier alpha value is -3.09. The molecule has 7 nitrogen and oxygen atoms in total. The summed E-state index contributed by atoms with van der Waals surface area (Å²) in [7, 11) is 1.53. The van der Waals surface area contributed by atoms with Crippen LogP contribution in [0.2, 0.25) is 0 Å². The fourth-order valence-electron chi connectivity index (χ4n) is 3.09. The molecular weight excluding hydrogens is 348 g/mol. The Morgan fingerprint density at radius 1 is 1.22 bits per heavy atom. The Labute approximate surface area is 157 Å². The van der Waals surface area contributed by atoms with Gasteiger partial charge in [-0.25, -0.2) is 0 Å². The molecule has 1 amide bonds. The van der Waals surface area contributed by atoms with Crippen molar-refractivity contribution < 1.29 is 19.2 Å². The molecule has 0 unspecified atom stereocenters. The van der Waals surface area contributed by atoms with Crippen LogP contribution < -0.4 is 14.4 Å². The molecule has 1 aliphatic heterocycles. The molecule has 27 heavy (non-hydrogen) atoms. The number of methoxy groups -OCH3 is 1. The number of amides is 1. The second-order valence-electron chi connectivity index (χ2n) is 6.34. The van der Waals surface area contributed by atoms with Crippen molar-refractivity contribution in [2.24, 2.45) is 0 Å². The van der Waals surface area contributed by atoms with E-state index in [0.717, 1.165) is 18.4 Å². The molecule has 1 aliphatic rings. The minimum Gasteiger partial charge on any atom is -0.493 e. The summed E-state index contributed by atoms with van der Waals surface area (Å²) in [6.07, 6.45) is 2.64. The molecule has 0 radical (unpaired) electrons. The highest BCUT2D eigenvalue weighted by atomic mass is 16.6. The first-order valence-corrected chi connectivity index (χ1v) is 8.95. The highest BCUT2D eigenvalue weighted by Gasteiger charge is 2.28. The van der Waals surface area contributed by atoms with Crippen LogP contribution in [0.25, 0.3) is 0 Å². The first-order chi connectivity index (χ1) is 13.0. The van der Waals surface area contributed by atoms with E-state index in [1.807, 2.05) is 0 Å². The van der Waals surface area contributed by atoms with Gasteiger partial charge in [-0.05, 0) is 36.6 Å². The van der Waals surface area contributed by atoms with Crippen LogP contribution >= 0.6 is 0 Å². The van der Waals surface area contributed by atoms with E-state index in [1.54, 1.807) is 29.2 Å². The summed E-state index contributed by atoms with van der Waals surface area (Å²) in [6, 6.07) is 9.72. The number of carbonyl (C=O) groups is 1. The lowest BCUT2D eigenvalue weighted by molar-refractivity contribution is -0.384. The second kappa shape index (κ2) is 8.07. The van der Waals surface area contributed by atoms with Gasteiger partial charge in [0.25, 0.3) is 11.6 Å². The topological polar surface area (TPSA) is 81.9 Å². The molecule has 0 saturated heterocycles. The summed E-state index contributed by atoms with van der Waals surface area (Å²) < 4.78 is 11.1. The zero-order chi connectivity index (χ0) is 19.4. The van der Waals surface area contributed by atoms with Gasteiger partial charge in [-0.1, -0.05) is 19.4 Å². The lowest BCUT2D eigenvalue weighted by atomic mass is 10.1. The number of ether oxygens (including phenoxy) is 2. The molecule has 2 aromatic rings. The number of carbonyl (C=O) groups excluding carboxylic acids is 1. The van der Waals surface area contributed by atoms with Crippen LogP contribution in [0, 0.1) is 10.1 Å². The van der Waals surface area contributed by atoms with Gasteiger partial charge in [-0.15, -0.1) is 0 Å². The first kappa shape index (κ1) is 18.7. The molecule has 1 heterocycles. The molecule has 0 spiro atoms. The number of benzene rings is 2. The molecular formula is C20H22N2O5. The fraction of sp³-hybridized carbons (Fsp3) is 0.350. The summed E-state index contributed by atoms with van der Waals surface area (Å²) in [6.45, 7) is 3.16. The predicted molar refractivity (Wildman–Crippen MR) is 102 cm³/mol. The number of non-ortho nitro benzene ring substituents is 1. The SMILES string of the molecule is CCCCOc1ccc(C(=O)N2CCc3ccc([N+](=O)[O-])cc32)cc1OC. The summed E-state index contributed by atoms with van der Waals surface area (Å²) in [5.74, 6) is 0.878.